The number of nitro benzene ring substituents is 1. The largest absolute Gasteiger partial charge is 0.479 e. The first-order valence-electron chi connectivity index (χ1n) is 8.26. The Bertz CT molecular complexity index is 1010. The average molecular weight is 463 g/mol. The summed E-state index contributed by atoms with van der Waals surface area (Å²) in [6, 6.07) is 5.91. The number of halogens is 4. The van der Waals surface area contributed by atoms with Crippen molar-refractivity contribution in [1.29, 1.82) is 0 Å². The van der Waals surface area contributed by atoms with Crippen LogP contribution in [0, 0.1) is 10.1 Å². The van der Waals surface area contributed by atoms with E-state index in [-0.39, 0.29) is 34.4 Å². The standard InChI is InChI=1S/C18H14ClF3N2O7/c1-29-8-14(23-30-9-17(25)26)12-7-11(3-4-15(12)24(27)28)31-16-5-2-10(6-13(16)19)18(20,21)22/h2-7H,8-9H2,1H3,(H,25,26)/b23-14-. The Kier molecular flexibility index (Phi) is 7.78. The van der Waals surface area contributed by atoms with E-state index in [0.717, 1.165) is 18.2 Å². The van der Waals surface area contributed by atoms with Gasteiger partial charge in [0.2, 0.25) is 6.61 Å². The molecule has 0 atom stereocenters. The lowest BCUT2D eigenvalue weighted by molar-refractivity contribution is -0.385. The number of oxime groups is 1. The second kappa shape index (κ2) is 10.1. The summed E-state index contributed by atoms with van der Waals surface area (Å²) in [5.74, 6) is -1.45. The highest BCUT2D eigenvalue weighted by Crippen LogP contribution is 2.37. The average Bonchev–Trinajstić information content (AvgIpc) is 2.67. The van der Waals surface area contributed by atoms with E-state index in [1.54, 1.807) is 0 Å². The summed E-state index contributed by atoms with van der Waals surface area (Å²) in [5.41, 5.74) is -1.61. The van der Waals surface area contributed by atoms with Gasteiger partial charge in [0, 0.05) is 13.2 Å². The van der Waals surface area contributed by atoms with Gasteiger partial charge in [-0.25, -0.2) is 4.79 Å². The predicted molar refractivity (Wildman–Crippen MR) is 102 cm³/mol. The molecule has 13 heteroatoms. The van der Waals surface area contributed by atoms with Crippen molar-refractivity contribution in [3.8, 4) is 11.5 Å². The van der Waals surface area contributed by atoms with Crippen LogP contribution in [-0.2, 0) is 20.5 Å². The maximum atomic E-state index is 12.8. The molecule has 0 aliphatic carbocycles. The van der Waals surface area contributed by atoms with Crippen LogP contribution in [0.4, 0.5) is 18.9 Å². The molecule has 0 saturated heterocycles. The van der Waals surface area contributed by atoms with Gasteiger partial charge in [-0.05, 0) is 30.3 Å². The molecule has 0 amide bonds. The number of hydrogen-bond acceptors (Lipinski definition) is 7. The number of methoxy groups -OCH3 is 1. The van der Waals surface area contributed by atoms with Crippen LogP contribution in [0.1, 0.15) is 11.1 Å². The minimum atomic E-state index is -4.59. The van der Waals surface area contributed by atoms with Crippen LogP contribution in [0.5, 0.6) is 11.5 Å². The summed E-state index contributed by atoms with van der Waals surface area (Å²) < 4.78 is 48.7. The van der Waals surface area contributed by atoms with Gasteiger partial charge in [0.15, 0.2) is 0 Å². The molecule has 0 saturated carbocycles. The van der Waals surface area contributed by atoms with Gasteiger partial charge in [-0.15, -0.1) is 0 Å². The van der Waals surface area contributed by atoms with Crippen molar-refractivity contribution in [1.82, 2.24) is 0 Å². The van der Waals surface area contributed by atoms with Crippen LogP contribution in [-0.4, -0.2) is 42.0 Å². The molecular formula is C18H14ClF3N2O7. The van der Waals surface area contributed by atoms with Gasteiger partial charge in [-0.2, -0.15) is 13.2 Å². The van der Waals surface area contributed by atoms with E-state index in [4.69, 9.17) is 26.2 Å². The highest BCUT2D eigenvalue weighted by atomic mass is 35.5. The molecular weight excluding hydrogens is 449 g/mol. The first-order valence-corrected chi connectivity index (χ1v) is 8.63. The minimum absolute atomic E-state index is 0.00991. The molecule has 1 N–H and O–H groups in total. The van der Waals surface area contributed by atoms with Gasteiger partial charge in [0.25, 0.3) is 5.69 Å². The molecule has 0 heterocycles. The monoisotopic (exact) mass is 462 g/mol. The molecule has 0 bridgehead atoms. The van der Waals surface area contributed by atoms with Crippen molar-refractivity contribution in [3.05, 3.63) is 62.7 Å². The van der Waals surface area contributed by atoms with Crippen molar-refractivity contribution >= 4 is 29.0 Å². The molecule has 0 radical (unpaired) electrons. The number of nitrogens with zero attached hydrogens (tertiary/aromatic N) is 2. The number of nitro groups is 1. The summed E-state index contributed by atoms with van der Waals surface area (Å²) in [4.78, 5) is 25.9. The fraction of sp³-hybridized carbons (Fsp3) is 0.222. The Hall–Kier alpha value is -3.38. The molecule has 0 aromatic heterocycles. The summed E-state index contributed by atoms with van der Waals surface area (Å²) in [7, 11) is 1.28. The third-order valence-corrected chi connectivity index (χ3v) is 3.90. The lowest BCUT2D eigenvalue weighted by atomic mass is 10.1. The first-order chi connectivity index (χ1) is 14.5. The molecule has 0 fully saturated rings. The van der Waals surface area contributed by atoms with Crippen molar-refractivity contribution < 1.29 is 42.3 Å². The highest BCUT2D eigenvalue weighted by molar-refractivity contribution is 6.32. The topological polar surface area (TPSA) is 120 Å². The van der Waals surface area contributed by atoms with Gasteiger partial charge >= 0.3 is 12.1 Å². The summed E-state index contributed by atoms with van der Waals surface area (Å²) in [5, 5.41) is 23.3. The third-order valence-electron chi connectivity index (χ3n) is 3.61. The van der Waals surface area contributed by atoms with E-state index in [0.29, 0.717) is 6.07 Å². The summed E-state index contributed by atoms with van der Waals surface area (Å²) in [6.45, 7) is -1.07. The normalized spacial score (nSPS) is 11.8. The maximum absolute atomic E-state index is 12.8. The molecule has 2 aromatic rings. The van der Waals surface area contributed by atoms with E-state index in [9.17, 15) is 28.1 Å². The predicted octanol–water partition coefficient (Wildman–Crippen LogP) is 4.51. The number of ether oxygens (including phenoxy) is 2. The Morgan fingerprint density at radius 1 is 1.23 bits per heavy atom. The van der Waals surface area contributed by atoms with Gasteiger partial charge < -0.3 is 19.4 Å². The summed E-state index contributed by atoms with van der Waals surface area (Å²) >= 11 is 5.86. The number of carboxylic acid groups (broad SMARTS) is 1. The molecule has 9 nitrogen and oxygen atoms in total. The second-order valence-corrected chi connectivity index (χ2v) is 6.23. The molecule has 0 unspecified atom stereocenters. The Labute approximate surface area is 177 Å². The number of carboxylic acids is 1. The molecule has 31 heavy (non-hydrogen) atoms. The quantitative estimate of drug-likeness (QED) is 0.330. The fourth-order valence-corrected chi connectivity index (χ4v) is 2.53. The maximum Gasteiger partial charge on any atom is 0.416 e. The lowest BCUT2D eigenvalue weighted by Crippen LogP contribution is -2.14. The van der Waals surface area contributed by atoms with E-state index < -0.39 is 34.9 Å². The number of carbonyl (C=O) groups is 1. The number of benzene rings is 2. The van der Waals surface area contributed by atoms with Crippen LogP contribution >= 0.6 is 11.6 Å². The Morgan fingerprint density at radius 2 is 1.94 bits per heavy atom. The van der Waals surface area contributed by atoms with Crippen molar-refractivity contribution in [2.45, 2.75) is 6.18 Å². The van der Waals surface area contributed by atoms with Gasteiger partial charge in [-0.3, -0.25) is 10.1 Å². The second-order valence-electron chi connectivity index (χ2n) is 5.82. The Balaban J connectivity index is 2.43. The third kappa shape index (κ3) is 6.55. The fourth-order valence-electron chi connectivity index (χ4n) is 2.31. The molecule has 166 valence electrons. The first kappa shape index (κ1) is 23.9. The SMILES string of the molecule is COC/C(=N/OCC(=O)O)c1cc(Oc2ccc(C(F)(F)F)cc2Cl)ccc1[N+](=O)[O-]. The van der Waals surface area contributed by atoms with E-state index in [1.807, 2.05) is 0 Å². The van der Waals surface area contributed by atoms with Crippen LogP contribution in [0.15, 0.2) is 41.6 Å². The number of alkyl halides is 3. The van der Waals surface area contributed by atoms with E-state index >= 15 is 0 Å². The zero-order valence-electron chi connectivity index (χ0n) is 15.7. The molecule has 2 rings (SSSR count). The number of rotatable bonds is 9. The van der Waals surface area contributed by atoms with E-state index in [2.05, 4.69) is 9.99 Å². The van der Waals surface area contributed by atoms with Crippen LogP contribution in [0.25, 0.3) is 0 Å². The van der Waals surface area contributed by atoms with E-state index in [1.165, 1.54) is 19.2 Å². The Morgan fingerprint density at radius 3 is 2.48 bits per heavy atom. The van der Waals surface area contributed by atoms with Crippen molar-refractivity contribution in [3.63, 3.8) is 0 Å². The van der Waals surface area contributed by atoms with Gasteiger partial charge in [0.1, 0.15) is 17.2 Å². The van der Waals surface area contributed by atoms with Crippen LogP contribution in [0.2, 0.25) is 5.02 Å². The van der Waals surface area contributed by atoms with Crippen LogP contribution in [0.3, 0.4) is 0 Å². The smallest absolute Gasteiger partial charge is 0.416 e. The van der Waals surface area contributed by atoms with Gasteiger partial charge in [0.05, 0.1) is 27.7 Å². The number of aliphatic carboxylic acids is 1. The number of hydrogen-bond donors (Lipinski definition) is 1. The van der Waals surface area contributed by atoms with Crippen molar-refractivity contribution in [2.24, 2.45) is 5.16 Å². The summed E-state index contributed by atoms with van der Waals surface area (Å²) in [6.07, 6.45) is -4.59. The lowest BCUT2D eigenvalue weighted by Gasteiger charge is -2.12. The van der Waals surface area contributed by atoms with Gasteiger partial charge in [-0.1, -0.05) is 16.8 Å². The molecule has 2 aromatic carbocycles. The van der Waals surface area contributed by atoms with Crippen molar-refractivity contribution in [2.75, 3.05) is 20.3 Å². The highest BCUT2D eigenvalue weighted by Gasteiger charge is 2.31. The van der Waals surface area contributed by atoms with Crippen LogP contribution < -0.4 is 4.74 Å². The zero-order valence-corrected chi connectivity index (χ0v) is 16.4. The molecule has 0 aliphatic heterocycles. The molecule has 0 spiro atoms. The zero-order chi connectivity index (χ0) is 23.2. The molecule has 0 aliphatic rings. The minimum Gasteiger partial charge on any atom is -0.479 e.